The van der Waals surface area contributed by atoms with E-state index in [4.69, 9.17) is 5.73 Å². The smallest absolute Gasteiger partial charge is 0.262 e. The first-order valence-corrected chi connectivity index (χ1v) is 8.49. The highest BCUT2D eigenvalue weighted by Gasteiger charge is 2.19. The van der Waals surface area contributed by atoms with E-state index in [9.17, 15) is 9.59 Å². The average Bonchev–Trinajstić information content (AvgIpc) is 2.98. The van der Waals surface area contributed by atoms with E-state index in [1.54, 1.807) is 6.07 Å². The molecule has 0 radical (unpaired) electrons. The maximum Gasteiger partial charge on any atom is 0.262 e. The molecular weight excluding hydrogens is 300 g/mol. The molecule has 0 aromatic carbocycles. The standard InChI is InChI=1S/C15H20N4O2S/c16-10-1-3-11(4-2-10)18-13(20)5-7-19-9-17-14-12(15(19)21)6-8-22-14/h6,8-11H,1-5,7,16H2,(H,18,20). The molecule has 118 valence electrons. The summed E-state index contributed by atoms with van der Waals surface area (Å²) in [6.07, 6.45) is 5.62. The number of thiophene rings is 1. The fraction of sp³-hybridized carbons (Fsp3) is 0.533. The lowest BCUT2D eigenvalue weighted by atomic mass is 9.92. The van der Waals surface area contributed by atoms with Gasteiger partial charge in [0.25, 0.3) is 5.56 Å². The Morgan fingerprint density at radius 2 is 2.18 bits per heavy atom. The number of carbonyl (C=O) groups excluding carboxylic acids is 1. The Balaban J connectivity index is 1.56. The predicted molar refractivity (Wildman–Crippen MR) is 86.9 cm³/mol. The highest BCUT2D eigenvalue weighted by Crippen LogP contribution is 2.17. The van der Waals surface area contributed by atoms with Gasteiger partial charge in [-0.05, 0) is 37.1 Å². The van der Waals surface area contributed by atoms with Crippen molar-refractivity contribution >= 4 is 27.5 Å². The summed E-state index contributed by atoms with van der Waals surface area (Å²) < 4.78 is 1.51. The molecule has 2 aromatic heterocycles. The van der Waals surface area contributed by atoms with Crippen molar-refractivity contribution < 1.29 is 4.79 Å². The van der Waals surface area contributed by atoms with Crippen molar-refractivity contribution in [1.29, 1.82) is 0 Å². The van der Waals surface area contributed by atoms with E-state index < -0.39 is 0 Å². The number of amides is 1. The summed E-state index contributed by atoms with van der Waals surface area (Å²) in [6.45, 7) is 0.357. The molecule has 1 aliphatic rings. The van der Waals surface area contributed by atoms with Crippen molar-refractivity contribution in [2.24, 2.45) is 5.73 Å². The van der Waals surface area contributed by atoms with E-state index in [-0.39, 0.29) is 23.6 Å². The summed E-state index contributed by atoms with van der Waals surface area (Å²) in [4.78, 5) is 29.2. The number of nitrogens with one attached hydrogen (secondary N) is 1. The molecule has 0 bridgehead atoms. The second-order valence-corrected chi connectivity index (χ2v) is 6.71. The minimum absolute atomic E-state index is 0.0159. The molecule has 0 atom stereocenters. The van der Waals surface area contributed by atoms with Gasteiger partial charge in [-0.2, -0.15) is 0 Å². The number of aromatic nitrogens is 2. The second kappa shape index (κ2) is 6.58. The van der Waals surface area contributed by atoms with Crippen LogP contribution in [0.5, 0.6) is 0 Å². The molecule has 0 saturated heterocycles. The van der Waals surface area contributed by atoms with Crippen molar-refractivity contribution in [2.45, 2.75) is 50.7 Å². The Morgan fingerprint density at radius 3 is 2.95 bits per heavy atom. The monoisotopic (exact) mass is 320 g/mol. The zero-order valence-electron chi connectivity index (χ0n) is 12.3. The fourth-order valence-electron chi connectivity index (χ4n) is 2.84. The van der Waals surface area contributed by atoms with Crippen LogP contribution in [0.25, 0.3) is 10.2 Å². The van der Waals surface area contributed by atoms with Gasteiger partial charge in [0, 0.05) is 25.0 Å². The van der Waals surface area contributed by atoms with E-state index in [0.29, 0.717) is 18.4 Å². The summed E-state index contributed by atoms with van der Waals surface area (Å²) in [7, 11) is 0. The first-order chi connectivity index (χ1) is 10.6. The Hall–Kier alpha value is -1.73. The van der Waals surface area contributed by atoms with Crippen LogP contribution in [0.4, 0.5) is 0 Å². The van der Waals surface area contributed by atoms with Crippen LogP contribution in [-0.4, -0.2) is 27.5 Å². The van der Waals surface area contributed by atoms with Crippen molar-refractivity contribution in [3.8, 4) is 0 Å². The van der Waals surface area contributed by atoms with E-state index >= 15 is 0 Å². The zero-order valence-corrected chi connectivity index (χ0v) is 13.1. The largest absolute Gasteiger partial charge is 0.353 e. The van der Waals surface area contributed by atoms with Gasteiger partial charge in [-0.25, -0.2) is 4.98 Å². The molecule has 3 rings (SSSR count). The minimum Gasteiger partial charge on any atom is -0.353 e. The van der Waals surface area contributed by atoms with Crippen LogP contribution < -0.4 is 16.6 Å². The molecule has 22 heavy (non-hydrogen) atoms. The molecule has 2 heterocycles. The van der Waals surface area contributed by atoms with E-state index in [0.717, 1.165) is 30.5 Å². The van der Waals surface area contributed by atoms with Crippen molar-refractivity contribution in [1.82, 2.24) is 14.9 Å². The van der Waals surface area contributed by atoms with Gasteiger partial charge in [0.1, 0.15) is 4.83 Å². The van der Waals surface area contributed by atoms with Crippen molar-refractivity contribution in [3.05, 3.63) is 28.1 Å². The van der Waals surface area contributed by atoms with E-state index in [1.165, 1.54) is 22.2 Å². The van der Waals surface area contributed by atoms with Crippen LogP contribution >= 0.6 is 11.3 Å². The third-order valence-electron chi connectivity index (χ3n) is 4.17. The van der Waals surface area contributed by atoms with Gasteiger partial charge in [-0.15, -0.1) is 11.3 Å². The molecule has 1 amide bonds. The number of fused-ring (bicyclic) bond motifs is 1. The SMILES string of the molecule is NC1CCC(NC(=O)CCn2cnc3sccc3c2=O)CC1. The molecule has 2 aromatic rings. The van der Waals surface area contributed by atoms with Gasteiger partial charge < -0.3 is 11.1 Å². The lowest BCUT2D eigenvalue weighted by Crippen LogP contribution is -2.40. The van der Waals surface area contributed by atoms with Gasteiger partial charge in [0.15, 0.2) is 0 Å². The molecule has 1 fully saturated rings. The normalized spacial score (nSPS) is 21.9. The van der Waals surface area contributed by atoms with Crippen LogP contribution in [0, 0.1) is 0 Å². The average molecular weight is 320 g/mol. The number of nitrogens with two attached hydrogens (primary N) is 1. The molecule has 0 unspecified atom stereocenters. The highest BCUT2D eigenvalue weighted by atomic mass is 32.1. The zero-order chi connectivity index (χ0) is 15.5. The molecular formula is C15H20N4O2S. The topological polar surface area (TPSA) is 90.0 Å². The van der Waals surface area contributed by atoms with Crippen LogP contribution in [-0.2, 0) is 11.3 Å². The summed E-state index contributed by atoms with van der Waals surface area (Å²) in [5.41, 5.74) is 5.78. The van der Waals surface area contributed by atoms with E-state index in [2.05, 4.69) is 10.3 Å². The summed E-state index contributed by atoms with van der Waals surface area (Å²) in [6, 6.07) is 2.27. The van der Waals surface area contributed by atoms with E-state index in [1.807, 2.05) is 5.38 Å². The molecule has 0 spiro atoms. The molecule has 6 nitrogen and oxygen atoms in total. The Kier molecular flexibility index (Phi) is 4.54. The van der Waals surface area contributed by atoms with Crippen LogP contribution in [0.2, 0.25) is 0 Å². The van der Waals surface area contributed by atoms with Gasteiger partial charge in [-0.3, -0.25) is 14.2 Å². The Bertz CT molecular complexity index is 716. The first-order valence-electron chi connectivity index (χ1n) is 7.61. The molecule has 1 saturated carbocycles. The van der Waals surface area contributed by atoms with Crippen molar-refractivity contribution in [3.63, 3.8) is 0 Å². The first kappa shape index (κ1) is 15.2. The number of nitrogens with zero attached hydrogens (tertiary/aromatic N) is 2. The fourth-order valence-corrected chi connectivity index (χ4v) is 3.56. The second-order valence-electron chi connectivity index (χ2n) is 5.81. The number of rotatable bonds is 4. The quantitative estimate of drug-likeness (QED) is 0.886. The molecule has 7 heteroatoms. The third-order valence-corrected chi connectivity index (χ3v) is 4.99. The predicted octanol–water partition coefficient (Wildman–Crippen LogP) is 1.23. The number of aryl methyl sites for hydroxylation is 1. The number of hydrogen-bond acceptors (Lipinski definition) is 5. The maximum absolute atomic E-state index is 12.2. The van der Waals surface area contributed by atoms with Gasteiger partial charge in [0.05, 0.1) is 11.7 Å². The highest BCUT2D eigenvalue weighted by molar-refractivity contribution is 7.16. The van der Waals surface area contributed by atoms with Crippen LogP contribution in [0.3, 0.4) is 0 Å². The van der Waals surface area contributed by atoms with Gasteiger partial charge in [-0.1, -0.05) is 0 Å². The summed E-state index contributed by atoms with van der Waals surface area (Å²) in [5, 5.41) is 5.50. The number of carbonyl (C=O) groups is 1. The number of hydrogen-bond donors (Lipinski definition) is 2. The summed E-state index contributed by atoms with van der Waals surface area (Å²) in [5.74, 6) is -0.0159. The lowest BCUT2D eigenvalue weighted by molar-refractivity contribution is -0.122. The molecule has 0 aliphatic heterocycles. The minimum atomic E-state index is -0.0808. The molecule has 3 N–H and O–H groups in total. The van der Waals surface area contributed by atoms with Gasteiger partial charge >= 0.3 is 0 Å². The van der Waals surface area contributed by atoms with Crippen molar-refractivity contribution in [2.75, 3.05) is 0 Å². The van der Waals surface area contributed by atoms with Crippen LogP contribution in [0.1, 0.15) is 32.1 Å². The third kappa shape index (κ3) is 3.36. The van der Waals surface area contributed by atoms with Crippen LogP contribution in [0.15, 0.2) is 22.6 Å². The van der Waals surface area contributed by atoms with Gasteiger partial charge in [0.2, 0.25) is 5.91 Å². The Morgan fingerprint density at radius 1 is 1.41 bits per heavy atom. The maximum atomic E-state index is 12.2. The lowest BCUT2D eigenvalue weighted by Gasteiger charge is -2.26. The molecule has 1 aliphatic carbocycles. The Labute approximate surface area is 132 Å². The summed E-state index contributed by atoms with van der Waals surface area (Å²) >= 11 is 1.44.